The molecule has 27 heavy (non-hydrogen) atoms. The maximum Gasteiger partial charge on any atom is 0.232 e. The van der Waals surface area contributed by atoms with Gasteiger partial charge in [0.05, 0.1) is 14.2 Å². The predicted octanol–water partition coefficient (Wildman–Crippen LogP) is 5.05. The Kier molecular flexibility index (Phi) is 4.23. The van der Waals surface area contributed by atoms with Crippen LogP contribution in [0.3, 0.4) is 0 Å². The zero-order valence-electron chi connectivity index (χ0n) is 14.9. The van der Waals surface area contributed by atoms with E-state index in [4.69, 9.17) is 13.9 Å². The Hall–Kier alpha value is -3.78. The molecule has 2 aromatic carbocycles. The number of rotatable bonds is 4. The van der Waals surface area contributed by atoms with E-state index in [-0.39, 0.29) is 5.88 Å². The molecule has 0 atom stereocenters. The van der Waals surface area contributed by atoms with E-state index < -0.39 is 0 Å². The minimum Gasteiger partial charge on any atom is -0.497 e. The number of aromatic nitrogens is 1. The molecule has 0 spiro atoms. The van der Waals surface area contributed by atoms with Crippen LogP contribution in [0.1, 0.15) is 5.56 Å². The van der Waals surface area contributed by atoms with E-state index in [1.54, 1.807) is 7.11 Å². The number of methoxy groups -OCH3 is 2. The summed E-state index contributed by atoms with van der Waals surface area (Å²) in [5.41, 5.74) is 3.35. The number of para-hydroxylation sites is 1. The van der Waals surface area contributed by atoms with Crippen LogP contribution in [0.15, 0.2) is 65.1 Å². The number of nitrogens with zero attached hydrogens (tertiary/aromatic N) is 2. The standard InChI is InChI=1S/C22H16N2O3/c1-25-16-9-7-14(8-10-16)17-12-19(24-22(26-2)18(17)13-23)21-11-15-5-3-4-6-20(15)27-21/h3-12H,1-2H3. The van der Waals surface area contributed by atoms with E-state index in [1.165, 1.54) is 7.11 Å². The maximum atomic E-state index is 9.65. The van der Waals surface area contributed by atoms with E-state index in [2.05, 4.69) is 11.1 Å². The molecular formula is C22H16N2O3. The molecule has 0 bridgehead atoms. The zero-order chi connectivity index (χ0) is 18.8. The monoisotopic (exact) mass is 356 g/mol. The molecule has 132 valence electrons. The summed E-state index contributed by atoms with van der Waals surface area (Å²) >= 11 is 0. The molecule has 5 heteroatoms. The summed E-state index contributed by atoms with van der Waals surface area (Å²) in [6.07, 6.45) is 0. The fourth-order valence-corrected chi connectivity index (χ4v) is 3.01. The van der Waals surface area contributed by atoms with Gasteiger partial charge in [-0.05, 0) is 35.9 Å². The number of ether oxygens (including phenoxy) is 2. The van der Waals surface area contributed by atoms with E-state index in [9.17, 15) is 5.26 Å². The molecule has 0 N–H and O–H groups in total. The number of pyridine rings is 1. The van der Waals surface area contributed by atoms with Crippen LogP contribution >= 0.6 is 0 Å². The Morgan fingerprint density at radius 2 is 1.74 bits per heavy atom. The highest BCUT2D eigenvalue weighted by Gasteiger charge is 2.18. The first-order valence-corrected chi connectivity index (χ1v) is 8.36. The van der Waals surface area contributed by atoms with Gasteiger partial charge in [-0.1, -0.05) is 30.3 Å². The fourth-order valence-electron chi connectivity index (χ4n) is 3.01. The number of hydrogen-bond donors (Lipinski definition) is 0. The van der Waals surface area contributed by atoms with Crippen molar-refractivity contribution in [1.29, 1.82) is 5.26 Å². The summed E-state index contributed by atoms with van der Waals surface area (Å²) in [6.45, 7) is 0. The second-order valence-electron chi connectivity index (χ2n) is 5.93. The Labute approximate surface area is 156 Å². The molecule has 0 saturated carbocycles. The number of furan rings is 1. The first kappa shape index (κ1) is 16.7. The van der Waals surface area contributed by atoms with Gasteiger partial charge in [0.1, 0.15) is 28.7 Å². The number of fused-ring (bicyclic) bond motifs is 1. The van der Waals surface area contributed by atoms with Crippen LogP contribution in [0.5, 0.6) is 11.6 Å². The first-order chi connectivity index (χ1) is 13.2. The molecule has 0 fully saturated rings. The third-order valence-corrected chi connectivity index (χ3v) is 4.37. The van der Waals surface area contributed by atoms with E-state index in [0.717, 1.165) is 27.8 Å². The number of hydrogen-bond acceptors (Lipinski definition) is 5. The third kappa shape index (κ3) is 2.98. The second-order valence-corrected chi connectivity index (χ2v) is 5.93. The van der Waals surface area contributed by atoms with Gasteiger partial charge < -0.3 is 13.9 Å². The maximum absolute atomic E-state index is 9.65. The Morgan fingerprint density at radius 1 is 0.963 bits per heavy atom. The van der Waals surface area contributed by atoms with Crippen LogP contribution in [0.2, 0.25) is 0 Å². The average Bonchev–Trinajstić information content (AvgIpc) is 3.17. The Bertz CT molecular complexity index is 1120. The lowest BCUT2D eigenvalue weighted by atomic mass is 10.00. The largest absolute Gasteiger partial charge is 0.497 e. The molecule has 0 aliphatic rings. The van der Waals surface area contributed by atoms with Crippen molar-refractivity contribution in [3.05, 3.63) is 66.2 Å². The minimum atomic E-state index is 0.265. The molecule has 4 aromatic rings. The van der Waals surface area contributed by atoms with Gasteiger partial charge in [-0.3, -0.25) is 0 Å². The molecule has 4 rings (SSSR count). The quantitative estimate of drug-likeness (QED) is 0.512. The molecule has 2 aromatic heterocycles. The summed E-state index contributed by atoms with van der Waals surface area (Å²) in [5, 5.41) is 10.6. The fraction of sp³-hybridized carbons (Fsp3) is 0.0909. The molecule has 0 aliphatic heterocycles. The van der Waals surface area contributed by atoms with Gasteiger partial charge in [-0.25, -0.2) is 4.98 Å². The molecule has 0 radical (unpaired) electrons. The molecule has 0 unspecified atom stereocenters. The minimum absolute atomic E-state index is 0.265. The van der Waals surface area contributed by atoms with Gasteiger partial charge in [0.2, 0.25) is 5.88 Å². The van der Waals surface area contributed by atoms with Crippen LogP contribution in [-0.2, 0) is 0 Å². The SMILES string of the molecule is COc1ccc(-c2cc(-c3cc4ccccc4o3)nc(OC)c2C#N)cc1. The van der Waals surface area contributed by atoms with Crippen molar-refractivity contribution in [2.24, 2.45) is 0 Å². The van der Waals surface area contributed by atoms with Gasteiger partial charge in [0, 0.05) is 10.9 Å². The van der Waals surface area contributed by atoms with Crippen LogP contribution in [-0.4, -0.2) is 19.2 Å². The molecule has 0 amide bonds. The normalized spacial score (nSPS) is 10.6. The third-order valence-electron chi connectivity index (χ3n) is 4.37. The highest BCUT2D eigenvalue weighted by atomic mass is 16.5. The molecule has 0 saturated heterocycles. The smallest absolute Gasteiger partial charge is 0.232 e. The Morgan fingerprint density at radius 3 is 2.41 bits per heavy atom. The molecule has 2 heterocycles. The van der Waals surface area contributed by atoms with E-state index >= 15 is 0 Å². The van der Waals surface area contributed by atoms with Crippen molar-refractivity contribution in [1.82, 2.24) is 4.98 Å². The lowest BCUT2D eigenvalue weighted by Crippen LogP contribution is -1.97. The van der Waals surface area contributed by atoms with Crippen LogP contribution in [0.4, 0.5) is 0 Å². The van der Waals surface area contributed by atoms with Crippen molar-refractivity contribution in [3.8, 4) is 40.3 Å². The van der Waals surface area contributed by atoms with Gasteiger partial charge in [0.15, 0.2) is 5.76 Å². The number of benzene rings is 2. The number of nitriles is 1. The zero-order valence-corrected chi connectivity index (χ0v) is 14.9. The highest BCUT2D eigenvalue weighted by Crippen LogP contribution is 2.35. The van der Waals surface area contributed by atoms with E-state index in [0.29, 0.717) is 17.0 Å². The van der Waals surface area contributed by atoms with Gasteiger partial charge in [-0.15, -0.1) is 0 Å². The summed E-state index contributed by atoms with van der Waals surface area (Å²) in [4.78, 5) is 4.48. The topological polar surface area (TPSA) is 68.3 Å². The van der Waals surface area contributed by atoms with Crippen LogP contribution in [0.25, 0.3) is 33.6 Å². The van der Waals surface area contributed by atoms with Crippen molar-refractivity contribution in [2.45, 2.75) is 0 Å². The van der Waals surface area contributed by atoms with Gasteiger partial charge in [-0.2, -0.15) is 5.26 Å². The van der Waals surface area contributed by atoms with Gasteiger partial charge in [0.25, 0.3) is 0 Å². The summed E-state index contributed by atoms with van der Waals surface area (Å²) in [7, 11) is 3.12. The second kappa shape index (κ2) is 6.85. The summed E-state index contributed by atoms with van der Waals surface area (Å²) in [6, 6.07) is 21.2. The van der Waals surface area contributed by atoms with Crippen molar-refractivity contribution in [3.63, 3.8) is 0 Å². The van der Waals surface area contributed by atoms with E-state index in [1.807, 2.05) is 60.7 Å². The van der Waals surface area contributed by atoms with Crippen LogP contribution < -0.4 is 9.47 Å². The van der Waals surface area contributed by atoms with Gasteiger partial charge >= 0.3 is 0 Å². The lowest BCUT2D eigenvalue weighted by Gasteiger charge is -2.11. The Balaban J connectivity index is 1.91. The lowest BCUT2D eigenvalue weighted by molar-refractivity contribution is 0.397. The van der Waals surface area contributed by atoms with Crippen LogP contribution in [0, 0.1) is 11.3 Å². The molecule has 5 nitrogen and oxygen atoms in total. The van der Waals surface area contributed by atoms with Crippen molar-refractivity contribution in [2.75, 3.05) is 14.2 Å². The highest BCUT2D eigenvalue weighted by molar-refractivity contribution is 5.84. The molecule has 0 aliphatic carbocycles. The summed E-state index contributed by atoms with van der Waals surface area (Å²) in [5.74, 6) is 1.63. The first-order valence-electron chi connectivity index (χ1n) is 8.36. The van der Waals surface area contributed by atoms with Crippen molar-refractivity contribution < 1.29 is 13.9 Å². The average molecular weight is 356 g/mol. The van der Waals surface area contributed by atoms with Crippen molar-refractivity contribution >= 4 is 11.0 Å². The molecular weight excluding hydrogens is 340 g/mol. The summed E-state index contributed by atoms with van der Waals surface area (Å²) < 4.78 is 16.5. The predicted molar refractivity (Wildman–Crippen MR) is 103 cm³/mol.